The minimum absolute atomic E-state index is 0.0691. The van der Waals surface area contributed by atoms with Gasteiger partial charge >= 0.3 is 0 Å². The quantitative estimate of drug-likeness (QED) is 0.566. The molecule has 0 spiro atoms. The van der Waals surface area contributed by atoms with E-state index in [0.29, 0.717) is 17.9 Å². The summed E-state index contributed by atoms with van der Waals surface area (Å²) >= 11 is 0. The molecule has 3 aromatic rings. The number of ether oxygens (including phenoxy) is 1. The molecule has 2 N–H and O–H groups in total. The number of aliphatic hydroxyl groups is 1. The van der Waals surface area contributed by atoms with Crippen LogP contribution < -0.4 is 9.46 Å². The third kappa shape index (κ3) is 5.08. The number of nitrogens with one attached hydrogen (secondary N) is 1. The Bertz CT molecular complexity index is 1090. The van der Waals surface area contributed by atoms with Gasteiger partial charge < -0.3 is 9.84 Å². The van der Waals surface area contributed by atoms with Crippen molar-refractivity contribution in [1.82, 2.24) is 4.72 Å². The van der Waals surface area contributed by atoms with Crippen LogP contribution in [0.2, 0.25) is 0 Å². The van der Waals surface area contributed by atoms with Crippen molar-refractivity contribution in [2.75, 3.05) is 13.2 Å². The second-order valence-electron chi connectivity index (χ2n) is 7.42. The molecule has 0 bridgehead atoms. The SMILES string of the molecule is CCOc1ccc(C)cc1S(=O)(=O)NCC(C)(O)c1ccc(-c2ccccc2)cc1. The molecule has 0 aliphatic heterocycles. The molecule has 0 saturated carbocycles. The predicted molar refractivity (Wildman–Crippen MR) is 119 cm³/mol. The maximum absolute atomic E-state index is 12.9. The number of rotatable bonds is 8. The van der Waals surface area contributed by atoms with Crippen LogP contribution in [0.15, 0.2) is 77.7 Å². The Hall–Kier alpha value is -2.67. The zero-order valence-electron chi connectivity index (χ0n) is 17.4. The van der Waals surface area contributed by atoms with Crippen molar-refractivity contribution in [3.63, 3.8) is 0 Å². The minimum atomic E-state index is -3.86. The van der Waals surface area contributed by atoms with Crippen molar-refractivity contribution in [3.8, 4) is 16.9 Å². The summed E-state index contributed by atoms with van der Waals surface area (Å²) in [5.41, 5.74) is 2.16. The molecule has 0 saturated heterocycles. The monoisotopic (exact) mass is 425 g/mol. The third-order valence-corrected chi connectivity index (χ3v) is 6.33. The van der Waals surface area contributed by atoms with Crippen molar-refractivity contribution < 1.29 is 18.3 Å². The maximum Gasteiger partial charge on any atom is 0.244 e. The largest absolute Gasteiger partial charge is 0.492 e. The summed E-state index contributed by atoms with van der Waals surface area (Å²) in [5, 5.41) is 10.9. The molecule has 3 rings (SSSR count). The summed E-state index contributed by atoms with van der Waals surface area (Å²) in [4.78, 5) is 0.0691. The molecule has 3 aromatic carbocycles. The van der Waals surface area contributed by atoms with Gasteiger partial charge in [0.05, 0.1) is 6.61 Å². The van der Waals surface area contributed by atoms with Gasteiger partial charge in [-0.25, -0.2) is 13.1 Å². The van der Waals surface area contributed by atoms with Crippen LogP contribution in [0.3, 0.4) is 0 Å². The van der Waals surface area contributed by atoms with Crippen LogP contribution in [0.5, 0.6) is 5.75 Å². The van der Waals surface area contributed by atoms with Crippen LogP contribution >= 0.6 is 0 Å². The van der Waals surface area contributed by atoms with Crippen LogP contribution in [0.25, 0.3) is 11.1 Å². The molecule has 0 radical (unpaired) electrons. The van der Waals surface area contributed by atoms with E-state index < -0.39 is 15.6 Å². The van der Waals surface area contributed by atoms with Crippen molar-refractivity contribution in [2.45, 2.75) is 31.3 Å². The van der Waals surface area contributed by atoms with E-state index in [9.17, 15) is 13.5 Å². The van der Waals surface area contributed by atoms with Gasteiger partial charge in [-0.2, -0.15) is 0 Å². The zero-order chi connectivity index (χ0) is 21.8. The fourth-order valence-electron chi connectivity index (χ4n) is 3.17. The zero-order valence-corrected chi connectivity index (χ0v) is 18.2. The van der Waals surface area contributed by atoms with Crippen molar-refractivity contribution >= 4 is 10.0 Å². The Morgan fingerprint density at radius 2 is 1.60 bits per heavy atom. The van der Waals surface area contributed by atoms with Crippen LogP contribution in [0.4, 0.5) is 0 Å². The molecule has 6 heteroatoms. The second-order valence-corrected chi connectivity index (χ2v) is 9.16. The highest BCUT2D eigenvalue weighted by molar-refractivity contribution is 7.89. The Morgan fingerprint density at radius 1 is 0.967 bits per heavy atom. The fraction of sp³-hybridized carbons (Fsp3) is 0.250. The maximum atomic E-state index is 12.9. The fourth-order valence-corrected chi connectivity index (χ4v) is 4.53. The summed E-state index contributed by atoms with van der Waals surface area (Å²) < 4.78 is 33.8. The van der Waals surface area contributed by atoms with Gasteiger partial charge in [-0.3, -0.25) is 0 Å². The first kappa shape index (κ1) is 22.0. The van der Waals surface area contributed by atoms with Gasteiger partial charge in [0.25, 0.3) is 0 Å². The van der Waals surface area contributed by atoms with Crippen molar-refractivity contribution in [3.05, 3.63) is 83.9 Å². The summed E-state index contributed by atoms with van der Waals surface area (Å²) in [6, 6.07) is 22.4. The topological polar surface area (TPSA) is 75.6 Å². The summed E-state index contributed by atoms with van der Waals surface area (Å²) in [6.45, 7) is 5.40. The van der Waals surface area contributed by atoms with E-state index in [0.717, 1.165) is 16.7 Å². The average Bonchev–Trinajstić information content (AvgIpc) is 2.75. The Morgan fingerprint density at radius 3 is 2.23 bits per heavy atom. The van der Waals surface area contributed by atoms with Crippen molar-refractivity contribution in [2.24, 2.45) is 0 Å². The van der Waals surface area contributed by atoms with E-state index in [1.165, 1.54) is 0 Å². The molecule has 158 valence electrons. The lowest BCUT2D eigenvalue weighted by atomic mass is 9.94. The molecule has 0 heterocycles. The number of sulfonamides is 1. The molecule has 0 amide bonds. The highest BCUT2D eigenvalue weighted by Gasteiger charge is 2.28. The highest BCUT2D eigenvalue weighted by atomic mass is 32.2. The van der Waals surface area contributed by atoms with Crippen LogP contribution in [0.1, 0.15) is 25.0 Å². The van der Waals surface area contributed by atoms with Gasteiger partial charge in [0, 0.05) is 6.54 Å². The van der Waals surface area contributed by atoms with Gasteiger partial charge in [-0.15, -0.1) is 0 Å². The number of hydrogen-bond donors (Lipinski definition) is 2. The molecule has 0 aliphatic rings. The molecule has 0 aromatic heterocycles. The molecular formula is C24H27NO4S. The normalized spacial score (nSPS) is 13.6. The average molecular weight is 426 g/mol. The molecular weight excluding hydrogens is 398 g/mol. The first-order chi connectivity index (χ1) is 14.2. The van der Waals surface area contributed by atoms with Gasteiger partial charge in [0.2, 0.25) is 10.0 Å². The predicted octanol–water partition coefficient (Wildman–Crippen LogP) is 4.25. The van der Waals surface area contributed by atoms with Crippen molar-refractivity contribution in [1.29, 1.82) is 0 Å². The first-order valence-corrected chi connectivity index (χ1v) is 11.3. The van der Waals surface area contributed by atoms with Gasteiger partial charge in [-0.1, -0.05) is 60.7 Å². The lowest BCUT2D eigenvalue weighted by Gasteiger charge is -2.25. The van der Waals surface area contributed by atoms with E-state index >= 15 is 0 Å². The van der Waals surface area contributed by atoms with Gasteiger partial charge in [-0.05, 0) is 55.2 Å². The second kappa shape index (κ2) is 9.00. The Balaban J connectivity index is 1.78. The van der Waals surface area contributed by atoms with Gasteiger partial charge in [0.1, 0.15) is 16.2 Å². The van der Waals surface area contributed by atoms with Crippen LogP contribution in [0, 0.1) is 6.92 Å². The Labute approximate surface area is 178 Å². The lowest BCUT2D eigenvalue weighted by Crippen LogP contribution is -2.38. The molecule has 30 heavy (non-hydrogen) atoms. The van der Waals surface area contributed by atoms with E-state index in [4.69, 9.17) is 4.74 Å². The Kier molecular flexibility index (Phi) is 6.61. The molecule has 0 fully saturated rings. The number of benzene rings is 3. The van der Waals surface area contributed by atoms with E-state index in [-0.39, 0.29) is 11.4 Å². The summed E-state index contributed by atoms with van der Waals surface area (Å²) in [7, 11) is -3.86. The van der Waals surface area contributed by atoms with Crippen LogP contribution in [-0.2, 0) is 15.6 Å². The van der Waals surface area contributed by atoms with E-state index in [2.05, 4.69) is 4.72 Å². The molecule has 5 nitrogen and oxygen atoms in total. The first-order valence-electron chi connectivity index (χ1n) is 9.84. The van der Waals surface area contributed by atoms with Gasteiger partial charge in [0.15, 0.2) is 0 Å². The third-order valence-electron chi connectivity index (χ3n) is 4.91. The van der Waals surface area contributed by atoms with Crippen LogP contribution in [-0.4, -0.2) is 26.7 Å². The lowest BCUT2D eigenvalue weighted by molar-refractivity contribution is 0.0627. The number of aryl methyl sites for hydroxylation is 1. The van der Waals surface area contributed by atoms with E-state index in [1.54, 1.807) is 32.0 Å². The minimum Gasteiger partial charge on any atom is -0.492 e. The smallest absolute Gasteiger partial charge is 0.244 e. The summed E-state index contributed by atoms with van der Waals surface area (Å²) in [5.74, 6) is 0.294. The summed E-state index contributed by atoms with van der Waals surface area (Å²) in [6.07, 6.45) is 0. The standard InChI is InChI=1S/C24H27NO4S/c1-4-29-22-15-10-18(2)16-23(22)30(27,28)25-17-24(3,26)21-13-11-20(12-14-21)19-8-6-5-7-9-19/h5-16,25-26H,4,17H2,1-3H3. The molecule has 1 unspecified atom stereocenters. The molecule has 0 aliphatic carbocycles. The number of hydrogen-bond acceptors (Lipinski definition) is 4. The van der Waals surface area contributed by atoms with E-state index in [1.807, 2.05) is 61.5 Å². The highest BCUT2D eigenvalue weighted by Crippen LogP contribution is 2.28. The molecule has 1 atom stereocenters.